The van der Waals surface area contributed by atoms with Gasteiger partial charge in [0.25, 0.3) is 5.91 Å². The fourth-order valence-corrected chi connectivity index (χ4v) is 3.95. The van der Waals surface area contributed by atoms with Crippen LogP contribution in [0.2, 0.25) is 0 Å². The van der Waals surface area contributed by atoms with Crippen LogP contribution in [0.1, 0.15) is 54.2 Å². The SMILES string of the molecule is Cc1cc(/C=C(\C#N)C(=O)Nc2cccc(C(F)(F)F)c2)c(C)n1C1CCCC1. The van der Waals surface area contributed by atoms with Crippen LogP contribution in [0.15, 0.2) is 35.9 Å². The second kappa shape index (κ2) is 8.16. The van der Waals surface area contributed by atoms with Gasteiger partial charge in [0.05, 0.1) is 5.56 Å². The van der Waals surface area contributed by atoms with Gasteiger partial charge < -0.3 is 9.88 Å². The highest BCUT2D eigenvalue weighted by atomic mass is 19.4. The van der Waals surface area contributed by atoms with Gasteiger partial charge in [0.15, 0.2) is 0 Å². The molecule has 1 fully saturated rings. The second-order valence-corrected chi connectivity index (χ2v) is 7.34. The van der Waals surface area contributed by atoms with Gasteiger partial charge in [-0.15, -0.1) is 0 Å². The number of nitrogens with one attached hydrogen (secondary N) is 1. The Hall–Kier alpha value is -3.01. The van der Waals surface area contributed by atoms with Crippen molar-refractivity contribution in [3.05, 3.63) is 58.4 Å². The molecule has 7 heteroatoms. The summed E-state index contributed by atoms with van der Waals surface area (Å²) in [5, 5.41) is 11.8. The molecule has 4 nitrogen and oxygen atoms in total. The van der Waals surface area contributed by atoms with E-state index in [2.05, 4.69) is 9.88 Å². The molecule has 0 saturated heterocycles. The van der Waals surface area contributed by atoms with Crippen molar-refractivity contribution >= 4 is 17.7 Å². The maximum absolute atomic E-state index is 12.9. The molecule has 1 N–H and O–H groups in total. The Balaban J connectivity index is 1.85. The van der Waals surface area contributed by atoms with E-state index in [4.69, 9.17) is 0 Å². The zero-order valence-electron chi connectivity index (χ0n) is 16.3. The number of carbonyl (C=O) groups excluding carboxylic acids is 1. The number of nitrogens with zero attached hydrogens (tertiary/aromatic N) is 2. The Morgan fingerprint density at radius 3 is 2.55 bits per heavy atom. The van der Waals surface area contributed by atoms with Crippen LogP contribution in [0.5, 0.6) is 0 Å². The van der Waals surface area contributed by atoms with Gasteiger partial charge in [-0.1, -0.05) is 18.9 Å². The van der Waals surface area contributed by atoms with E-state index in [1.54, 1.807) is 0 Å². The van der Waals surface area contributed by atoms with Gasteiger partial charge in [0.2, 0.25) is 0 Å². The van der Waals surface area contributed by atoms with Crippen LogP contribution in [0.4, 0.5) is 18.9 Å². The van der Waals surface area contributed by atoms with Crippen LogP contribution in [-0.4, -0.2) is 10.5 Å². The third kappa shape index (κ3) is 4.53. The molecule has 0 aliphatic heterocycles. The van der Waals surface area contributed by atoms with E-state index in [-0.39, 0.29) is 11.3 Å². The molecule has 0 unspecified atom stereocenters. The monoisotopic (exact) mass is 401 g/mol. The molecular formula is C22H22F3N3O. The lowest BCUT2D eigenvalue weighted by atomic mass is 10.1. The smallest absolute Gasteiger partial charge is 0.346 e. The first-order valence-electron chi connectivity index (χ1n) is 9.49. The molecule has 1 amide bonds. The molecule has 152 valence electrons. The van der Waals surface area contributed by atoms with Gasteiger partial charge in [-0.3, -0.25) is 4.79 Å². The minimum Gasteiger partial charge on any atom is -0.346 e. The van der Waals surface area contributed by atoms with Crippen molar-refractivity contribution in [2.24, 2.45) is 0 Å². The molecule has 29 heavy (non-hydrogen) atoms. The number of rotatable bonds is 4. The molecule has 0 bridgehead atoms. The number of hydrogen-bond acceptors (Lipinski definition) is 2. The standard InChI is InChI=1S/C22H22F3N3O/c1-14-10-16(15(2)28(14)20-8-3-4-9-20)11-17(13-26)21(29)27-19-7-5-6-18(12-19)22(23,24)25/h5-7,10-12,20H,3-4,8-9H2,1-2H3,(H,27,29)/b17-11+. The van der Waals surface area contributed by atoms with Gasteiger partial charge in [-0.2, -0.15) is 18.4 Å². The highest BCUT2D eigenvalue weighted by Gasteiger charge is 2.30. The highest BCUT2D eigenvalue weighted by Crippen LogP contribution is 2.34. The number of nitriles is 1. The molecule has 0 spiro atoms. The number of benzene rings is 1. The van der Waals surface area contributed by atoms with Crippen molar-refractivity contribution < 1.29 is 18.0 Å². The van der Waals surface area contributed by atoms with E-state index < -0.39 is 17.6 Å². The van der Waals surface area contributed by atoms with Crippen molar-refractivity contribution in [2.45, 2.75) is 51.7 Å². The fourth-order valence-electron chi connectivity index (χ4n) is 3.95. The molecule has 2 aromatic rings. The Morgan fingerprint density at radius 2 is 1.93 bits per heavy atom. The van der Waals surface area contributed by atoms with Crippen molar-refractivity contribution in [3.63, 3.8) is 0 Å². The first-order chi connectivity index (χ1) is 13.7. The minimum absolute atomic E-state index is 0.0117. The summed E-state index contributed by atoms with van der Waals surface area (Å²) in [6.07, 6.45) is 1.59. The third-order valence-electron chi connectivity index (χ3n) is 5.33. The molecule has 0 atom stereocenters. The predicted molar refractivity (Wildman–Crippen MR) is 105 cm³/mol. The Morgan fingerprint density at radius 1 is 1.24 bits per heavy atom. The van der Waals surface area contributed by atoms with Crippen LogP contribution >= 0.6 is 0 Å². The average molecular weight is 401 g/mol. The largest absolute Gasteiger partial charge is 0.416 e. The van der Waals surface area contributed by atoms with Crippen LogP contribution in [0, 0.1) is 25.2 Å². The summed E-state index contributed by atoms with van der Waals surface area (Å²) in [6.45, 7) is 3.95. The van der Waals surface area contributed by atoms with Gasteiger partial charge in [0, 0.05) is 23.1 Å². The van der Waals surface area contributed by atoms with Crippen molar-refractivity contribution in [1.82, 2.24) is 4.57 Å². The number of alkyl halides is 3. The van der Waals surface area contributed by atoms with Crippen LogP contribution in [0.25, 0.3) is 6.08 Å². The summed E-state index contributed by atoms with van der Waals surface area (Å²) < 4.78 is 40.8. The number of aromatic nitrogens is 1. The lowest BCUT2D eigenvalue weighted by Gasteiger charge is -2.17. The zero-order chi connectivity index (χ0) is 21.2. The van der Waals surface area contributed by atoms with Crippen LogP contribution in [0.3, 0.4) is 0 Å². The zero-order valence-corrected chi connectivity index (χ0v) is 16.3. The lowest BCUT2D eigenvalue weighted by Crippen LogP contribution is -2.14. The van der Waals surface area contributed by atoms with E-state index in [1.807, 2.05) is 26.0 Å². The average Bonchev–Trinajstić information content (AvgIpc) is 3.27. The Labute approximate surface area is 167 Å². The van der Waals surface area contributed by atoms with Gasteiger partial charge in [0.1, 0.15) is 11.6 Å². The summed E-state index contributed by atoms with van der Waals surface area (Å²) in [6, 6.07) is 8.56. The molecule has 3 rings (SSSR count). The van der Waals surface area contributed by atoms with Gasteiger partial charge in [-0.25, -0.2) is 0 Å². The molecule has 1 heterocycles. The topological polar surface area (TPSA) is 57.8 Å². The predicted octanol–water partition coefficient (Wildman–Crippen LogP) is 5.78. The first-order valence-corrected chi connectivity index (χ1v) is 9.49. The number of amides is 1. The van der Waals surface area contributed by atoms with Crippen LogP contribution < -0.4 is 5.32 Å². The summed E-state index contributed by atoms with van der Waals surface area (Å²) in [5.74, 6) is -0.738. The molecule has 1 aliphatic rings. The van der Waals surface area contributed by atoms with E-state index in [0.29, 0.717) is 6.04 Å². The van der Waals surface area contributed by atoms with E-state index >= 15 is 0 Å². The fraction of sp³-hybridized carbons (Fsp3) is 0.364. The Bertz CT molecular complexity index is 990. The van der Waals surface area contributed by atoms with Crippen molar-refractivity contribution in [2.75, 3.05) is 5.32 Å². The van der Waals surface area contributed by atoms with E-state index in [1.165, 1.54) is 31.1 Å². The highest BCUT2D eigenvalue weighted by molar-refractivity contribution is 6.09. The van der Waals surface area contributed by atoms with Gasteiger partial charge >= 0.3 is 6.18 Å². The molecule has 0 radical (unpaired) electrons. The molecular weight excluding hydrogens is 379 g/mol. The summed E-state index contributed by atoms with van der Waals surface area (Å²) in [7, 11) is 0. The number of aryl methyl sites for hydroxylation is 1. The number of anilines is 1. The maximum atomic E-state index is 12.9. The quantitative estimate of drug-likeness (QED) is 0.521. The van der Waals surface area contributed by atoms with E-state index in [0.717, 1.165) is 41.9 Å². The normalized spacial score (nSPS) is 15.4. The number of halogens is 3. The molecule has 1 aromatic heterocycles. The van der Waals surface area contributed by atoms with Crippen molar-refractivity contribution in [1.29, 1.82) is 5.26 Å². The molecule has 1 saturated carbocycles. The van der Waals surface area contributed by atoms with Crippen LogP contribution in [-0.2, 0) is 11.0 Å². The summed E-state index contributed by atoms with van der Waals surface area (Å²) >= 11 is 0. The summed E-state index contributed by atoms with van der Waals surface area (Å²) in [4.78, 5) is 12.5. The number of hydrogen-bond donors (Lipinski definition) is 1. The summed E-state index contributed by atoms with van der Waals surface area (Å²) in [5.41, 5.74) is 1.78. The van der Waals surface area contributed by atoms with Gasteiger partial charge in [-0.05, 0) is 62.6 Å². The Kier molecular flexibility index (Phi) is 5.83. The number of carbonyl (C=O) groups is 1. The van der Waals surface area contributed by atoms with E-state index in [9.17, 15) is 23.2 Å². The minimum atomic E-state index is -4.51. The molecule has 1 aliphatic carbocycles. The molecule has 1 aromatic carbocycles. The first kappa shape index (κ1) is 20.7. The lowest BCUT2D eigenvalue weighted by molar-refractivity contribution is -0.137. The second-order valence-electron chi connectivity index (χ2n) is 7.34. The maximum Gasteiger partial charge on any atom is 0.416 e. The van der Waals surface area contributed by atoms with Crippen molar-refractivity contribution in [3.8, 4) is 6.07 Å². The third-order valence-corrected chi connectivity index (χ3v) is 5.33.